The highest BCUT2D eigenvalue weighted by molar-refractivity contribution is 5.89. The molecule has 0 aliphatic heterocycles. The first-order chi connectivity index (χ1) is 31.6. The highest BCUT2D eigenvalue weighted by Crippen LogP contribution is 2.23. The second kappa shape index (κ2) is 23.9. The summed E-state index contributed by atoms with van der Waals surface area (Å²) in [5.74, 6) is -0.805. The lowest BCUT2D eigenvalue weighted by Gasteiger charge is -2.14. The largest absolute Gasteiger partial charge is 0.458 e. The molecule has 0 heterocycles. The molecule has 0 radical (unpaired) electrons. The van der Waals surface area contributed by atoms with E-state index in [0.29, 0.717) is 35.6 Å². The van der Waals surface area contributed by atoms with Crippen molar-refractivity contribution >= 4 is 59.1 Å². The molecule has 0 saturated heterocycles. The van der Waals surface area contributed by atoms with Gasteiger partial charge in [-0.1, -0.05) is 67.8 Å². The summed E-state index contributed by atoms with van der Waals surface area (Å²) in [6.07, 6.45) is -2.97. The van der Waals surface area contributed by atoms with Crippen LogP contribution in [0, 0.1) is 0 Å². The summed E-state index contributed by atoms with van der Waals surface area (Å²) < 4.78 is 31.3. The van der Waals surface area contributed by atoms with Crippen molar-refractivity contribution in [2.45, 2.75) is 52.7 Å². The van der Waals surface area contributed by atoms with Gasteiger partial charge in [0.05, 0.1) is 0 Å². The number of nitrogens with one attached hydrogen (secondary N) is 4. The van der Waals surface area contributed by atoms with Gasteiger partial charge in [0, 0.05) is 40.0 Å². The Labute approximate surface area is 381 Å². The van der Waals surface area contributed by atoms with Crippen molar-refractivity contribution in [2.75, 3.05) is 34.5 Å². The first kappa shape index (κ1) is 48.6. The van der Waals surface area contributed by atoms with Gasteiger partial charge in [-0.25, -0.2) is 28.8 Å². The zero-order chi connectivity index (χ0) is 47.6. The van der Waals surface area contributed by atoms with Gasteiger partial charge in [0.1, 0.15) is 36.9 Å². The minimum absolute atomic E-state index is 0.0911. The Balaban J connectivity index is 1.00. The lowest BCUT2D eigenvalue weighted by Crippen LogP contribution is -2.25. The Morgan fingerprint density at radius 2 is 0.742 bits per heavy atom. The van der Waals surface area contributed by atoms with Crippen molar-refractivity contribution in [2.24, 2.45) is 0 Å². The van der Waals surface area contributed by atoms with E-state index in [1.54, 1.807) is 80.6 Å². The molecule has 2 atom stereocenters. The number of rotatable bonds is 18. The topological polar surface area (TPSA) is 206 Å². The Morgan fingerprint density at radius 3 is 1.03 bits per heavy atom. The van der Waals surface area contributed by atoms with Crippen LogP contribution in [0.15, 0.2) is 146 Å². The summed E-state index contributed by atoms with van der Waals surface area (Å²) in [6, 6.07) is 34.9. The van der Waals surface area contributed by atoms with Crippen LogP contribution >= 0.6 is 0 Å². The number of esters is 2. The van der Waals surface area contributed by atoms with Crippen LogP contribution in [0.25, 0.3) is 0 Å². The van der Waals surface area contributed by atoms with Crippen molar-refractivity contribution in [3.05, 3.63) is 168 Å². The molecule has 0 spiro atoms. The lowest BCUT2D eigenvalue weighted by atomic mass is 10.0. The van der Waals surface area contributed by atoms with Crippen molar-refractivity contribution in [3.8, 4) is 11.5 Å². The Hall–Kier alpha value is -8.40. The van der Waals surface area contributed by atoms with Crippen LogP contribution in [0.3, 0.4) is 0 Å². The van der Waals surface area contributed by atoms with E-state index in [-0.39, 0.29) is 35.9 Å². The summed E-state index contributed by atoms with van der Waals surface area (Å²) in [4.78, 5) is 73.0. The standard InChI is InChI=1S/C50H50N4O12/c1-31(2)45(55)61-29-33(5)63-47(57)51-39-18-10-35(11-19-39)26-37-14-22-41(23-15-37)53-49(59)65-43-8-7-9-44(28-43)66-50(60)54-42-24-16-38(17-25-42)27-36-12-20-40(21-13-36)52-48(58)64-34(6)30-62-46(56)32(3)4/h7-25,28,33-34H,1,3,26-27,29-30H2,2,4-6H3,(H,51,57)(H,52,58)(H,53,59)(H,54,60). The number of carbonyl (C=O) groups is 6. The second-order valence-electron chi connectivity index (χ2n) is 15.1. The molecule has 16 nitrogen and oxygen atoms in total. The highest BCUT2D eigenvalue weighted by atomic mass is 16.6. The van der Waals surface area contributed by atoms with E-state index in [9.17, 15) is 28.8 Å². The molecule has 0 fully saturated rings. The van der Waals surface area contributed by atoms with Crippen LogP contribution in [-0.4, -0.2) is 61.7 Å². The number of anilines is 4. The van der Waals surface area contributed by atoms with Crippen LogP contribution in [-0.2, 0) is 41.4 Å². The molecule has 0 aromatic heterocycles. The van der Waals surface area contributed by atoms with Gasteiger partial charge in [0.2, 0.25) is 0 Å². The first-order valence-corrected chi connectivity index (χ1v) is 20.6. The summed E-state index contributed by atoms with van der Waals surface area (Å²) in [7, 11) is 0. The maximum atomic E-state index is 12.7. The average Bonchev–Trinajstić information content (AvgIpc) is 3.27. The maximum absolute atomic E-state index is 12.7. The number of hydrogen-bond donors (Lipinski definition) is 4. The van der Waals surface area contributed by atoms with E-state index in [1.807, 2.05) is 48.5 Å². The minimum Gasteiger partial charge on any atom is -0.458 e. The third-order valence-electron chi connectivity index (χ3n) is 9.06. The van der Waals surface area contributed by atoms with Gasteiger partial charge in [-0.15, -0.1) is 0 Å². The van der Waals surface area contributed by atoms with Gasteiger partial charge in [0.15, 0.2) is 0 Å². The molecule has 2 unspecified atom stereocenters. The monoisotopic (exact) mass is 898 g/mol. The van der Waals surface area contributed by atoms with Crippen LogP contribution in [0.1, 0.15) is 49.9 Å². The first-order valence-electron chi connectivity index (χ1n) is 20.6. The van der Waals surface area contributed by atoms with Crippen LogP contribution in [0.4, 0.5) is 41.9 Å². The summed E-state index contributed by atoms with van der Waals surface area (Å²) in [5.41, 5.74) is 6.47. The van der Waals surface area contributed by atoms with Crippen LogP contribution < -0.4 is 30.7 Å². The molecule has 5 aromatic carbocycles. The van der Waals surface area contributed by atoms with E-state index in [1.165, 1.54) is 19.9 Å². The van der Waals surface area contributed by atoms with Gasteiger partial charge in [-0.05, 0) is 123 Å². The van der Waals surface area contributed by atoms with Gasteiger partial charge in [-0.3, -0.25) is 21.3 Å². The van der Waals surface area contributed by atoms with E-state index in [2.05, 4.69) is 34.4 Å². The zero-order valence-corrected chi connectivity index (χ0v) is 36.8. The highest BCUT2D eigenvalue weighted by Gasteiger charge is 2.15. The zero-order valence-electron chi connectivity index (χ0n) is 36.8. The summed E-state index contributed by atoms with van der Waals surface area (Å²) in [6.45, 7) is 13.1. The number of benzene rings is 5. The normalized spacial score (nSPS) is 11.3. The molecule has 0 bridgehead atoms. The van der Waals surface area contributed by atoms with E-state index < -0.39 is 48.5 Å². The van der Waals surface area contributed by atoms with Gasteiger partial charge in [-0.2, -0.15) is 0 Å². The molecule has 66 heavy (non-hydrogen) atoms. The van der Waals surface area contributed by atoms with Crippen LogP contribution in [0.5, 0.6) is 11.5 Å². The Bertz CT molecular complexity index is 2350. The van der Waals surface area contributed by atoms with Crippen molar-refractivity contribution in [3.63, 3.8) is 0 Å². The molecule has 4 amide bonds. The molecule has 4 N–H and O–H groups in total. The number of hydrogen-bond acceptors (Lipinski definition) is 12. The molecule has 342 valence electrons. The fourth-order valence-electron chi connectivity index (χ4n) is 5.76. The molecule has 0 aliphatic rings. The van der Waals surface area contributed by atoms with Gasteiger partial charge < -0.3 is 28.4 Å². The second-order valence-corrected chi connectivity index (χ2v) is 15.1. The predicted octanol–water partition coefficient (Wildman–Crippen LogP) is 10.2. The molecule has 16 heteroatoms. The quantitative estimate of drug-likeness (QED) is 0.0368. The molecule has 0 saturated carbocycles. The molecule has 0 aliphatic carbocycles. The predicted molar refractivity (Wildman–Crippen MR) is 248 cm³/mol. The number of amides is 4. The summed E-state index contributed by atoms with van der Waals surface area (Å²) >= 11 is 0. The van der Waals surface area contributed by atoms with Crippen molar-refractivity contribution < 1.29 is 57.2 Å². The Kier molecular flexibility index (Phi) is 17.6. The molecular formula is C50H50N4O12. The third kappa shape index (κ3) is 16.7. The van der Waals surface area contributed by atoms with E-state index >= 15 is 0 Å². The number of carbonyl (C=O) groups excluding carboxylic acids is 6. The fourth-order valence-corrected chi connectivity index (χ4v) is 5.76. The average molecular weight is 899 g/mol. The smallest absolute Gasteiger partial charge is 0.417 e. The molecule has 5 rings (SSSR count). The Morgan fingerprint density at radius 1 is 0.455 bits per heavy atom. The van der Waals surface area contributed by atoms with E-state index in [4.69, 9.17) is 28.4 Å². The SMILES string of the molecule is C=C(C)C(=O)OCC(C)OC(=O)Nc1ccc(Cc2ccc(NC(=O)Oc3cccc(OC(=O)Nc4ccc(Cc5ccc(NC(=O)OC(C)COC(=O)C(=C)C)cc5)cc4)c3)cc2)cc1. The molecule has 5 aromatic rings. The minimum atomic E-state index is -0.743. The third-order valence-corrected chi connectivity index (χ3v) is 9.06. The summed E-state index contributed by atoms with van der Waals surface area (Å²) in [5, 5.41) is 10.6. The molecular weight excluding hydrogens is 849 g/mol. The van der Waals surface area contributed by atoms with Crippen molar-refractivity contribution in [1.29, 1.82) is 0 Å². The van der Waals surface area contributed by atoms with Crippen molar-refractivity contribution in [1.82, 2.24) is 0 Å². The fraction of sp³-hybridized carbons (Fsp3) is 0.200. The maximum Gasteiger partial charge on any atom is 0.417 e. The van der Waals surface area contributed by atoms with Crippen LogP contribution in [0.2, 0.25) is 0 Å². The van der Waals surface area contributed by atoms with Gasteiger partial charge >= 0.3 is 36.3 Å². The lowest BCUT2D eigenvalue weighted by molar-refractivity contribution is -0.142. The van der Waals surface area contributed by atoms with Gasteiger partial charge in [0.25, 0.3) is 0 Å². The van der Waals surface area contributed by atoms with E-state index in [0.717, 1.165) is 22.3 Å². The number of ether oxygens (including phenoxy) is 6.